The van der Waals surface area contributed by atoms with Gasteiger partial charge in [0.1, 0.15) is 0 Å². The standard InChI is InChI=1S/C18H24N4O2S.HI/c1-14-5-3-4-6-16(14)13-22-18(20-2)21-12-11-15-7-9-17(10-8-15)25(19,23)24;/h3-10H,11-13H2,1-2H3,(H2,19,23,24)(H2,20,21,22);1H. The van der Waals surface area contributed by atoms with Crippen molar-refractivity contribution in [1.29, 1.82) is 0 Å². The second kappa shape index (κ2) is 10.5. The number of rotatable bonds is 6. The number of sulfonamides is 1. The number of aliphatic imine (C=N–C) groups is 1. The number of guanidine groups is 1. The van der Waals surface area contributed by atoms with Crippen molar-refractivity contribution < 1.29 is 8.42 Å². The van der Waals surface area contributed by atoms with Crippen LogP contribution in [0.15, 0.2) is 58.4 Å². The number of nitrogens with zero attached hydrogens (tertiary/aromatic N) is 1. The first kappa shape index (κ1) is 22.4. The predicted octanol–water partition coefficient (Wildman–Crippen LogP) is 2.17. The van der Waals surface area contributed by atoms with E-state index in [1.165, 1.54) is 23.3 Å². The van der Waals surface area contributed by atoms with Gasteiger partial charge >= 0.3 is 0 Å². The number of nitrogens with two attached hydrogens (primary N) is 1. The van der Waals surface area contributed by atoms with E-state index >= 15 is 0 Å². The third kappa shape index (κ3) is 6.93. The Morgan fingerprint density at radius 2 is 1.73 bits per heavy atom. The average Bonchev–Trinajstić information content (AvgIpc) is 2.59. The smallest absolute Gasteiger partial charge is 0.238 e. The normalized spacial score (nSPS) is 11.6. The van der Waals surface area contributed by atoms with Crippen LogP contribution in [0.1, 0.15) is 16.7 Å². The molecule has 8 heteroatoms. The molecule has 0 aliphatic rings. The maximum atomic E-state index is 11.2. The van der Waals surface area contributed by atoms with Gasteiger partial charge in [-0.15, -0.1) is 24.0 Å². The van der Waals surface area contributed by atoms with Crippen molar-refractivity contribution in [2.45, 2.75) is 24.8 Å². The first-order valence-corrected chi connectivity index (χ1v) is 9.55. The van der Waals surface area contributed by atoms with Crippen molar-refractivity contribution in [1.82, 2.24) is 10.6 Å². The molecule has 4 N–H and O–H groups in total. The minimum atomic E-state index is -3.64. The molecule has 0 heterocycles. The van der Waals surface area contributed by atoms with Crippen molar-refractivity contribution in [2.75, 3.05) is 13.6 Å². The summed E-state index contributed by atoms with van der Waals surface area (Å²) in [4.78, 5) is 4.33. The molecule has 0 saturated carbocycles. The third-order valence-corrected chi connectivity index (χ3v) is 4.82. The zero-order valence-electron chi connectivity index (χ0n) is 14.9. The first-order valence-electron chi connectivity index (χ1n) is 8.01. The molecular weight excluding hydrogens is 463 g/mol. The van der Waals surface area contributed by atoms with Gasteiger partial charge in [0.15, 0.2) is 5.96 Å². The van der Waals surface area contributed by atoms with E-state index < -0.39 is 10.0 Å². The second-order valence-electron chi connectivity index (χ2n) is 5.72. The summed E-state index contributed by atoms with van der Waals surface area (Å²) in [5, 5.41) is 11.6. The molecule has 0 radical (unpaired) electrons. The Bertz CT molecular complexity index is 837. The fraction of sp³-hybridized carbons (Fsp3) is 0.278. The van der Waals surface area contributed by atoms with Gasteiger partial charge in [-0.05, 0) is 42.2 Å². The molecule has 0 spiro atoms. The molecule has 0 bridgehead atoms. The molecule has 0 fully saturated rings. The van der Waals surface area contributed by atoms with Gasteiger partial charge in [0, 0.05) is 20.1 Å². The van der Waals surface area contributed by atoms with Crippen LogP contribution in [0.25, 0.3) is 0 Å². The number of halogens is 1. The van der Waals surface area contributed by atoms with E-state index in [9.17, 15) is 8.42 Å². The van der Waals surface area contributed by atoms with Gasteiger partial charge in [-0.3, -0.25) is 4.99 Å². The highest BCUT2D eigenvalue weighted by Crippen LogP contribution is 2.09. The maximum absolute atomic E-state index is 11.2. The van der Waals surface area contributed by atoms with E-state index in [0.717, 1.165) is 17.9 Å². The molecule has 0 aromatic heterocycles. The topological polar surface area (TPSA) is 96.6 Å². The summed E-state index contributed by atoms with van der Waals surface area (Å²) in [6, 6.07) is 14.8. The Balaban J connectivity index is 0.00000338. The summed E-state index contributed by atoms with van der Waals surface area (Å²) in [6.45, 7) is 3.47. The predicted molar refractivity (Wildman–Crippen MR) is 116 cm³/mol. The molecule has 0 amide bonds. The zero-order valence-corrected chi connectivity index (χ0v) is 18.0. The van der Waals surface area contributed by atoms with E-state index in [2.05, 4.69) is 34.7 Å². The van der Waals surface area contributed by atoms with Gasteiger partial charge in [0.05, 0.1) is 4.90 Å². The summed E-state index contributed by atoms with van der Waals surface area (Å²) in [6.07, 6.45) is 0.746. The van der Waals surface area contributed by atoms with Crippen LogP contribution in [0.3, 0.4) is 0 Å². The molecule has 6 nitrogen and oxygen atoms in total. The van der Waals surface area contributed by atoms with Gasteiger partial charge in [-0.25, -0.2) is 13.6 Å². The number of aryl methyl sites for hydroxylation is 1. The molecule has 0 aliphatic heterocycles. The first-order chi connectivity index (χ1) is 11.9. The fourth-order valence-corrected chi connectivity index (χ4v) is 2.89. The van der Waals surface area contributed by atoms with Gasteiger partial charge in [0.25, 0.3) is 0 Å². The molecule has 2 aromatic carbocycles. The molecule has 0 saturated heterocycles. The van der Waals surface area contributed by atoms with Crippen LogP contribution in [0.5, 0.6) is 0 Å². The monoisotopic (exact) mass is 488 g/mol. The van der Waals surface area contributed by atoms with Gasteiger partial charge in [-0.2, -0.15) is 0 Å². The quantitative estimate of drug-likeness (QED) is 0.330. The lowest BCUT2D eigenvalue weighted by Crippen LogP contribution is -2.38. The fourth-order valence-electron chi connectivity index (χ4n) is 2.38. The molecule has 2 aromatic rings. The highest BCUT2D eigenvalue weighted by atomic mass is 127. The minimum Gasteiger partial charge on any atom is -0.356 e. The number of primary sulfonamides is 1. The third-order valence-electron chi connectivity index (χ3n) is 3.89. The number of nitrogens with one attached hydrogen (secondary N) is 2. The summed E-state index contributed by atoms with van der Waals surface area (Å²) < 4.78 is 22.5. The van der Waals surface area contributed by atoms with Crippen LogP contribution >= 0.6 is 24.0 Å². The lowest BCUT2D eigenvalue weighted by atomic mass is 10.1. The Labute approximate surface area is 172 Å². The van der Waals surface area contributed by atoms with Crippen molar-refractivity contribution >= 4 is 40.0 Å². The summed E-state index contributed by atoms with van der Waals surface area (Å²) in [7, 11) is -1.91. The van der Waals surface area contributed by atoms with Crippen LogP contribution in [0.4, 0.5) is 0 Å². The second-order valence-corrected chi connectivity index (χ2v) is 7.28. The molecule has 0 unspecified atom stereocenters. The van der Waals surface area contributed by atoms with E-state index in [1.807, 2.05) is 12.1 Å². The Morgan fingerprint density at radius 3 is 2.31 bits per heavy atom. The van der Waals surface area contributed by atoms with Crippen molar-refractivity contribution in [3.8, 4) is 0 Å². The minimum absolute atomic E-state index is 0. The van der Waals surface area contributed by atoms with Gasteiger partial charge < -0.3 is 10.6 Å². The lowest BCUT2D eigenvalue weighted by Gasteiger charge is -2.13. The van der Waals surface area contributed by atoms with Crippen LogP contribution in [-0.2, 0) is 23.0 Å². The van der Waals surface area contributed by atoms with Crippen LogP contribution in [0.2, 0.25) is 0 Å². The molecule has 26 heavy (non-hydrogen) atoms. The zero-order chi connectivity index (χ0) is 18.3. The van der Waals surface area contributed by atoms with Crippen LogP contribution < -0.4 is 15.8 Å². The van der Waals surface area contributed by atoms with Crippen molar-refractivity contribution in [3.63, 3.8) is 0 Å². The van der Waals surface area contributed by atoms with E-state index in [-0.39, 0.29) is 28.9 Å². The Morgan fingerprint density at radius 1 is 1.08 bits per heavy atom. The maximum Gasteiger partial charge on any atom is 0.238 e. The molecule has 0 atom stereocenters. The Kier molecular flexibility index (Phi) is 9.03. The average molecular weight is 488 g/mol. The van der Waals surface area contributed by atoms with Crippen LogP contribution in [0, 0.1) is 6.92 Å². The molecule has 142 valence electrons. The van der Waals surface area contributed by atoms with E-state index in [1.54, 1.807) is 19.2 Å². The molecule has 2 rings (SSSR count). The highest BCUT2D eigenvalue weighted by molar-refractivity contribution is 14.0. The van der Waals surface area contributed by atoms with E-state index in [4.69, 9.17) is 5.14 Å². The van der Waals surface area contributed by atoms with Crippen LogP contribution in [-0.4, -0.2) is 28.0 Å². The van der Waals surface area contributed by atoms with Gasteiger partial charge in [0.2, 0.25) is 10.0 Å². The largest absolute Gasteiger partial charge is 0.356 e. The van der Waals surface area contributed by atoms with E-state index in [0.29, 0.717) is 13.1 Å². The SMILES string of the molecule is CN=C(NCCc1ccc(S(N)(=O)=O)cc1)NCc1ccccc1C.I. The molecular formula is C18H25IN4O2S. The number of hydrogen-bond acceptors (Lipinski definition) is 3. The Hall–Kier alpha value is -1.65. The number of benzene rings is 2. The van der Waals surface area contributed by atoms with Crippen molar-refractivity contribution in [3.05, 3.63) is 65.2 Å². The highest BCUT2D eigenvalue weighted by Gasteiger charge is 2.06. The molecule has 0 aliphatic carbocycles. The lowest BCUT2D eigenvalue weighted by molar-refractivity contribution is 0.598. The summed E-state index contributed by atoms with van der Waals surface area (Å²) in [5.74, 6) is 0.726. The summed E-state index contributed by atoms with van der Waals surface area (Å²) in [5.41, 5.74) is 3.48. The van der Waals surface area contributed by atoms with Gasteiger partial charge in [-0.1, -0.05) is 36.4 Å². The van der Waals surface area contributed by atoms with Crippen molar-refractivity contribution in [2.24, 2.45) is 10.1 Å². The summed E-state index contributed by atoms with van der Waals surface area (Å²) >= 11 is 0. The number of hydrogen-bond donors (Lipinski definition) is 3.